The zero-order valence-corrected chi connectivity index (χ0v) is 16.9. The van der Waals surface area contributed by atoms with Gasteiger partial charge in [-0.2, -0.15) is 0 Å². The molecule has 0 unspecified atom stereocenters. The minimum atomic E-state index is 0.820. The van der Waals surface area contributed by atoms with Gasteiger partial charge in [-0.1, -0.05) is 30.0 Å². The highest BCUT2D eigenvalue weighted by Crippen LogP contribution is 2.36. The molecule has 5 heteroatoms. The number of rotatable bonds is 8. The fourth-order valence-electron chi connectivity index (χ4n) is 1.81. The average Bonchev–Trinajstić information content (AvgIpc) is 3.00. The van der Waals surface area contributed by atoms with Crippen molar-refractivity contribution in [3.05, 3.63) is 63.9 Å². The van der Waals surface area contributed by atoms with Crippen molar-refractivity contribution in [2.24, 2.45) is 0 Å². The summed E-state index contributed by atoms with van der Waals surface area (Å²) in [6.07, 6.45) is 7.83. The first kappa shape index (κ1) is 20.3. The van der Waals surface area contributed by atoms with Gasteiger partial charge in [0.2, 0.25) is 0 Å². The molecular weight excluding hydrogens is 336 g/mol. The van der Waals surface area contributed by atoms with E-state index in [0.717, 1.165) is 27.2 Å². The molecule has 1 aromatic rings. The Morgan fingerprint density at radius 3 is 2.46 bits per heavy atom. The van der Waals surface area contributed by atoms with Gasteiger partial charge in [0, 0.05) is 16.0 Å². The highest BCUT2D eigenvalue weighted by atomic mass is 32.2. The predicted molar refractivity (Wildman–Crippen MR) is 110 cm³/mol. The van der Waals surface area contributed by atoms with Gasteiger partial charge in [-0.25, -0.2) is 4.98 Å². The standard InChI is InChI=1S/C19H26N2OS2/c1-8-15(10-11-16(9-2)22-7)20-19-21-17(12-23-19)18(13(3)4)24-14(5)6/h8-12H,5H2,1-4,6-7H3,(H,20,21)/b11-10-,15-8-,16-9+. The molecule has 24 heavy (non-hydrogen) atoms. The Bertz CT molecular complexity index is 690. The van der Waals surface area contributed by atoms with Crippen molar-refractivity contribution >= 4 is 33.1 Å². The number of methoxy groups -OCH3 is 1. The van der Waals surface area contributed by atoms with Crippen LogP contribution < -0.4 is 5.32 Å². The van der Waals surface area contributed by atoms with Gasteiger partial charge < -0.3 is 10.1 Å². The quantitative estimate of drug-likeness (QED) is 0.418. The van der Waals surface area contributed by atoms with E-state index in [1.54, 1.807) is 30.2 Å². The fourth-order valence-corrected chi connectivity index (χ4v) is 3.37. The zero-order valence-electron chi connectivity index (χ0n) is 15.3. The highest BCUT2D eigenvalue weighted by molar-refractivity contribution is 8.11. The van der Waals surface area contributed by atoms with Crippen LogP contribution in [0.5, 0.6) is 0 Å². The second-order valence-electron chi connectivity index (χ2n) is 5.27. The van der Waals surface area contributed by atoms with E-state index < -0.39 is 0 Å². The van der Waals surface area contributed by atoms with E-state index in [1.165, 1.54) is 10.5 Å². The maximum atomic E-state index is 5.23. The first-order valence-corrected chi connectivity index (χ1v) is 9.39. The monoisotopic (exact) mass is 362 g/mol. The summed E-state index contributed by atoms with van der Waals surface area (Å²) in [5.41, 5.74) is 3.20. The zero-order chi connectivity index (χ0) is 18.1. The van der Waals surface area contributed by atoms with Crippen molar-refractivity contribution in [2.75, 3.05) is 12.4 Å². The summed E-state index contributed by atoms with van der Waals surface area (Å²) in [6.45, 7) is 14.1. The molecule has 130 valence electrons. The van der Waals surface area contributed by atoms with Gasteiger partial charge in [-0.05, 0) is 57.8 Å². The van der Waals surface area contributed by atoms with Gasteiger partial charge in [0.05, 0.1) is 12.8 Å². The van der Waals surface area contributed by atoms with Crippen LogP contribution in [0.2, 0.25) is 0 Å². The van der Waals surface area contributed by atoms with Gasteiger partial charge in [-0.3, -0.25) is 0 Å². The van der Waals surface area contributed by atoms with Crippen LogP contribution in [-0.4, -0.2) is 12.1 Å². The number of hydrogen-bond acceptors (Lipinski definition) is 5. The van der Waals surface area contributed by atoms with Crippen LogP contribution >= 0.6 is 23.1 Å². The minimum Gasteiger partial charge on any atom is -0.497 e. The lowest BCUT2D eigenvalue weighted by molar-refractivity contribution is 0.306. The molecule has 0 aliphatic rings. The first-order valence-electron chi connectivity index (χ1n) is 7.69. The van der Waals surface area contributed by atoms with Gasteiger partial charge in [0.15, 0.2) is 5.13 Å². The molecule has 1 N–H and O–H groups in total. The molecule has 0 aliphatic carbocycles. The number of aromatic nitrogens is 1. The van der Waals surface area contributed by atoms with Crippen molar-refractivity contribution in [1.82, 2.24) is 4.98 Å². The highest BCUT2D eigenvalue weighted by Gasteiger charge is 2.10. The van der Waals surface area contributed by atoms with Gasteiger partial charge in [0.25, 0.3) is 0 Å². The minimum absolute atomic E-state index is 0.820. The maximum absolute atomic E-state index is 5.23. The molecule has 0 radical (unpaired) electrons. The normalized spacial score (nSPS) is 12.4. The number of anilines is 1. The molecule has 1 heterocycles. The van der Waals surface area contributed by atoms with Crippen LogP contribution in [0.15, 0.2) is 58.2 Å². The number of ether oxygens (including phenoxy) is 1. The Balaban J connectivity index is 2.92. The second kappa shape index (κ2) is 10.2. The van der Waals surface area contributed by atoms with Crippen LogP contribution in [-0.2, 0) is 4.74 Å². The Kier molecular flexibility index (Phi) is 8.65. The number of nitrogens with one attached hydrogen (secondary N) is 1. The average molecular weight is 363 g/mol. The van der Waals surface area contributed by atoms with Gasteiger partial charge in [0.1, 0.15) is 5.76 Å². The van der Waals surface area contributed by atoms with E-state index in [4.69, 9.17) is 9.72 Å². The first-order chi connectivity index (χ1) is 11.4. The van der Waals surface area contributed by atoms with Crippen LogP contribution in [0.3, 0.4) is 0 Å². The van der Waals surface area contributed by atoms with E-state index in [0.29, 0.717) is 0 Å². The van der Waals surface area contributed by atoms with Crippen molar-refractivity contribution < 1.29 is 4.74 Å². The predicted octanol–water partition coefficient (Wildman–Crippen LogP) is 6.58. The summed E-state index contributed by atoms with van der Waals surface area (Å²) in [5, 5.41) is 6.28. The van der Waals surface area contributed by atoms with E-state index >= 15 is 0 Å². The van der Waals surface area contributed by atoms with Crippen molar-refractivity contribution in [3.8, 4) is 0 Å². The smallest absolute Gasteiger partial charge is 0.187 e. The third kappa shape index (κ3) is 6.42. The topological polar surface area (TPSA) is 34.1 Å². The summed E-state index contributed by atoms with van der Waals surface area (Å²) >= 11 is 3.26. The van der Waals surface area contributed by atoms with Crippen LogP contribution in [0.4, 0.5) is 5.13 Å². The lowest BCUT2D eigenvalue weighted by atomic mass is 10.3. The Morgan fingerprint density at radius 2 is 1.96 bits per heavy atom. The van der Waals surface area contributed by atoms with Crippen molar-refractivity contribution in [2.45, 2.75) is 34.6 Å². The molecule has 0 saturated carbocycles. The van der Waals surface area contributed by atoms with E-state index in [9.17, 15) is 0 Å². The molecule has 0 amide bonds. The summed E-state index contributed by atoms with van der Waals surface area (Å²) in [6, 6.07) is 0. The lowest BCUT2D eigenvalue weighted by Crippen LogP contribution is -1.97. The number of nitrogens with zero attached hydrogens (tertiary/aromatic N) is 1. The molecule has 0 saturated heterocycles. The fraction of sp³-hybridized carbons (Fsp3) is 0.316. The summed E-state index contributed by atoms with van der Waals surface area (Å²) < 4.78 is 5.23. The summed E-state index contributed by atoms with van der Waals surface area (Å²) in [5.74, 6) is 0.820. The third-order valence-electron chi connectivity index (χ3n) is 2.98. The van der Waals surface area contributed by atoms with Gasteiger partial charge in [-0.15, -0.1) is 11.3 Å². The van der Waals surface area contributed by atoms with Crippen molar-refractivity contribution in [1.29, 1.82) is 0 Å². The second-order valence-corrected chi connectivity index (χ2v) is 7.44. The summed E-state index contributed by atoms with van der Waals surface area (Å²) in [4.78, 5) is 6.93. The number of thiazole rings is 1. The molecule has 3 nitrogen and oxygen atoms in total. The van der Waals surface area contributed by atoms with E-state index in [-0.39, 0.29) is 0 Å². The Morgan fingerprint density at radius 1 is 1.25 bits per heavy atom. The molecule has 1 aromatic heterocycles. The Labute approximate surface area is 153 Å². The van der Waals surface area contributed by atoms with E-state index in [1.807, 2.05) is 45.1 Å². The molecule has 0 fully saturated rings. The Hall–Kier alpha value is -1.72. The number of thioether (sulfide) groups is 1. The SMILES string of the molecule is C=C(C)SC(=C(C)C)c1csc(NC(/C=C\C(=C/C)OC)=C\C)n1. The lowest BCUT2D eigenvalue weighted by Gasteiger charge is -2.07. The molecule has 0 aromatic carbocycles. The molecule has 0 bridgehead atoms. The van der Waals surface area contributed by atoms with Gasteiger partial charge >= 0.3 is 0 Å². The van der Waals surface area contributed by atoms with E-state index in [2.05, 4.69) is 31.1 Å². The van der Waals surface area contributed by atoms with Crippen LogP contribution in [0.25, 0.3) is 4.91 Å². The molecule has 0 atom stereocenters. The van der Waals surface area contributed by atoms with Crippen LogP contribution in [0, 0.1) is 0 Å². The largest absolute Gasteiger partial charge is 0.497 e. The number of allylic oxidation sites excluding steroid dienone is 6. The van der Waals surface area contributed by atoms with Crippen molar-refractivity contribution in [3.63, 3.8) is 0 Å². The maximum Gasteiger partial charge on any atom is 0.187 e. The summed E-state index contributed by atoms with van der Waals surface area (Å²) in [7, 11) is 1.66. The van der Waals surface area contributed by atoms with Crippen LogP contribution in [0.1, 0.15) is 40.3 Å². The molecule has 0 aliphatic heterocycles. The molecule has 0 spiro atoms. The molecule has 1 rings (SSSR count). The molecular formula is C19H26N2OS2. The third-order valence-corrected chi connectivity index (χ3v) is 4.90. The number of hydrogen-bond donors (Lipinski definition) is 1.